The molecule has 0 unspecified atom stereocenters. The fraction of sp³-hybridized carbons (Fsp3) is 0.176. The summed E-state index contributed by atoms with van der Waals surface area (Å²) in [5, 5.41) is 18.1. The molecule has 4 heteroatoms. The Morgan fingerprint density at radius 1 is 0.509 bits per heavy atom. The van der Waals surface area contributed by atoms with Crippen LogP contribution in [0.4, 0.5) is 0 Å². The van der Waals surface area contributed by atoms with Gasteiger partial charge in [0.05, 0.1) is 12.2 Å². The van der Waals surface area contributed by atoms with Gasteiger partial charge >= 0.3 is 0 Å². The van der Waals surface area contributed by atoms with Crippen molar-refractivity contribution < 1.29 is 9.84 Å². The van der Waals surface area contributed by atoms with E-state index >= 15 is 0 Å². The molecule has 8 rings (SSSR count). The first-order valence-electron chi connectivity index (χ1n) is 19.4. The second-order valence-electron chi connectivity index (χ2n) is 14.5. The highest BCUT2D eigenvalue weighted by atomic mass is 31.1. The van der Waals surface area contributed by atoms with Gasteiger partial charge < -0.3 is 9.84 Å². The van der Waals surface area contributed by atoms with Crippen LogP contribution in [-0.4, -0.2) is 29.1 Å². The van der Waals surface area contributed by atoms with Crippen molar-refractivity contribution in [3.63, 3.8) is 0 Å². The Balaban J connectivity index is 1.29. The smallest absolute Gasteiger partial charge is 0.144 e. The molecule has 0 spiro atoms. The van der Waals surface area contributed by atoms with Crippen molar-refractivity contribution >= 4 is 37.1 Å². The molecule has 5 atom stereocenters. The van der Waals surface area contributed by atoms with Gasteiger partial charge in [-0.25, -0.2) is 0 Å². The number of aliphatic hydroxyl groups excluding tert-OH is 1. The maximum Gasteiger partial charge on any atom is 0.144 e. The van der Waals surface area contributed by atoms with Crippen molar-refractivity contribution in [2.75, 3.05) is 6.16 Å². The van der Waals surface area contributed by atoms with Gasteiger partial charge in [0.1, 0.15) is 5.60 Å². The highest BCUT2D eigenvalue weighted by Crippen LogP contribution is 2.57. The van der Waals surface area contributed by atoms with Gasteiger partial charge in [-0.2, -0.15) is 0 Å². The lowest BCUT2D eigenvalue weighted by Gasteiger charge is -2.42. The normalized spacial score (nSPS) is 19.1. The summed E-state index contributed by atoms with van der Waals surface area (Å²) in [4.78, 5) is 0. The number of hydrogen-bond donors (Lipinski definition) is 1. The molecule has 7 aromatic carbocycles. The van der Waals surface area contributed by atoms with E-state index in [0.717, 1.165) is 29.3 Å². The lowest BCUT2D eigenvalue weighted by molar-refractivity contribution is -0.0914. The minimum atomic E-state index is -0.890. The largest absolute Gasteiger partial charge is 0.393 e. The standard InChI is InChI=1S/C51H48O2P2/c1-39(53-51(40-23-9-2-10-24-40,41-25-11-3-12-26-41)42-27-13-4-14-28-42)50-47(38-54(43-29-15-5-16-30-43)44-31-17-6-18-32-44)49(37-48(50)52)55(45-33-19-7-20-34-45)46-35-21-8-22-36-46/h2-36,39,47-50,52H,37-38H2,1H3/t39-,47-,48-,49-,50-/m0/s1. The Morgan fingerprint density at radius 3 is 1.20 bits per heavy atom. The first-order chi connectivity index (χ1) is 27.1. The molecule has 0 aromatic heterocycles. The lowest BCUT2D eigenvalue weighted by Crippen LogP contribution is -2.43. The van der Waals surface area contributed by atoms with E-state index in [0.29, 0.717) is 0 Å². The summed E-state index contributed by atoms with van der Waals surface area (Å²) in [5.41, 5.74) is 2.57. The minimum Gasteiger partial charge on any atom is -0.393 e. The first kappa shape index (κ1) is 37.3. The zero-order valence-corrected chi connectivity index (χ0v) is 33.0. The van der Waals surface area contributed by atoms with Crippen LogP contribution in [0.2, 0.25) is 0 Å². The van der Waals surface area contributed by atoms with Gasteiger partial charge in [0.15, 0.2) is 0 Å². The zero-order chi connectivity index (χ0) is 37.5. The van der Waals surface area contributed by atoms with Crippen molar-refractivity contribution in [1.29, 1.82) is 0 Å². The molecule has 1 aliphatic rings. The number of benzene rings is 7. The summed E-state index contributed by atoms with van der Waals surface area (Å²) in [6, 6.07) is 76.2. The van der Waals surface area contributed by atoms with E-state index in [2.05, 4.69) is 219 Å². The van der Waals surface area contributed by atoms with E-state index in [1.807, 2.05) is 0 Å². The van der Waals surface area contributed by atoms with Gasteiger partial charge in [0.2, 0.25) is 0 Å². The maximum absolute atomic E-state index is 12.6. The van der Waals surface area contributed by atoms with Crippen LogP contribution in [0.1, 0.15) is 30.0 Å². The molecular formula is C51H48O2P2. The van der Waals surface area contributed by atoms with E-state index in [4.69, 9.17) is 4.74 Å². The monoisotopic (exact) mass is 754 g/mol. The quantitative estimate of drug-likeness (QED) is 0.0939. The van der Waals surface area contributed by atoms with E-state index in [1.165, 1.54) is 21.2 Å². The van der Waals surface area contributed by atoms with Crippen LogP contribution in [-0.2, 0) is 10.3 Å². The molecule has 274 valence electrons. The van der Waals surface area contributed by atoms with Gasteiger partial charge in [-0.05, 0) is 84.8 Å². The van der Waals surface area contributed by atoms with Crippen LogP contribution in [0.3, 0.4) is 0 Å². The Bertz CT molecular complexity index is 2010. The van der Waals surface area contributed by atoms with Gasteiger partial charge in [0.25, 0.3) is 0 Å². The Morgan fingerprint density at radius 2 is 0.836 bits per heavy atom. The number of rotatable bonds is 13. The van der Waals surface area contributed by atoms with Crippen LogP contribution in [0.15, 0.2) is 212 Å². The Labute approximate surface area is 329 Å². The third-order valence-corrected chi connectivity index (χ3v) is 16.9. The van der Waals surface area contributed by atoms with E-state index in [1.54, 1.807) is 0 Å². The van der Waals surface area contributed by atoms with E-state index in [-0.39, 0.29) is 23.6 Å². The molecule has 0 amide bonds. The number of aliphatic hydroxyl groups is 1. The topological polar surface area (TPSA) is 29.5 Å². The molecule has 7 aromatic rings. The Kier molecular flexibility index (Phi) is 11.8. The molecule has 2 nitrogen and oxygen atoms in total. The molecule has 1 fully saturated rings. The highest BCUT2D eigenvalue weighted by Gasteiger charge is 2.51. The van der Waals surface area contributed by atoms with Crippen molar-refractivity contribution in [3.05, 3.63) is 229 Å². The molecule has 0 bridgehead atoms. The molecule has 0 saturated heterocycles. The second kappa shape index (κ2) is 17.4. The van der Waals surface area contributed by atoms with Crippen LogP contribution in [0, 0.1) is 11.8 Å². The highest BCUT2D eigenvalue weighted by molar-refractivity contribution is 7.74. The number of hydrogen-bond acceptors (Lipinski definition) is 2. The van der Waals surface area contributed by atoms with Crippen LogP contribution in [0.25, 0.3) is 0 Å². The van der Waals surface area contributed by atoms with Gasteiger partial charge in [0, 0.05) is 5.92 Å². The minimum absolute atomic E-state index is 0.115. The zero-order valence-electron chi connectivity index (χ0n) is 31.3. The first-order valence-corrected chi connectivity index (χ1v) is 22.4. The molecule has 55 heavy (non-hydrogen) atoms. The molecule has 0 heterocycles. The summed E-state index contributed by atoms with van der Waals surface area (Å²) in [7, 11) is -1.55. The average molecular weight is 755 g/mol. The lowest BCUT2D eigenvalue weighted by atomic mass is 9.79. The molecule has 1 N–H and O–H groups in total. The predicted octanol–water partition coefficient (Wildman–Crippen LogP) is 10.0. The summed E-state index contributed by atoms with van der Waals surface area (Å²) in [6.45, 7) is 2.23. The molecule has 0 radical (unpaired) electrons. The van der Waals surface area contributed by atoms with Crippen molar-refractivity contribution in [2.45, 2.75) is 36.8 Å². The van der Waals surface area contributed by atoms with E-state index < -0.39 is 27.5 Å². The molecular weight excluding hydrogens is 707 g/mol. The summed E-state index contributed by atoms with van der Waals surface area (Å²) in [6.07, 6.45) is 0.848. The van der Waals surface area contributed by atoms with Crippen LogP contribution >= 0.6 is 15.8 Å². The molecule has 1 saturated carbocycles. The van der Waals surface area contributed by atoms with Gasteiger partial charge in [-0.3, -0.25) is 0 Å². The maximum atomic E-state index is 12.6. The van der Waals surface area contributed by atoms with Crippen LogP contribution < -0.4 is 21.2 Å². The second-order valence-corrected chi connectivity index (χ2v) is 19.2. The summed E-state index contributed by atoms with van der Waals surface area (Å²) < 4.78 is 7.77. The third-order valence-electron chi connectivity index (χ3n) is 11.3. The number of ether oxygens (including phenoxy) is 1. The Hall–Kier alpha value is -4.68. The summed E-state index contributed by atoms with van der Waals surface area (Å²) in [5.74, 6) is 0.0541. The van der Waals surface area contributed by atoms with Crippen molar-refractivity contribution in [3.8, 4) is 0 Å². The van der Waals surface area contributed by atoms with Crippen molar-refractivity contribution in [1.82, 2.24) is 0 Å². The fourth-order valence-electron chi connectivity index (χ4n) is 8.90. The predicted molar refractivity (Wildman–Crippen MR) is 234 cm³/mol. The van der Waals surface area contributed by atoms with Crippen molar-refractivity contribution in [2.24, 2.45) is 11.8 Å². The van der Waals surface area contributed by atoms with Crippen LogP contribution in [0.5, 0.6) is 0 Å². The summed E-state index contributed by atoms with van der Waals surface area (Å²) >= 11 is 0. The van der Waals surface area contributed by atoms with E-state index in [9.17, 15) is 5.11 Å². The average Bonchev–Trinajstić information content (AvgIpc) is 3.58. The molecule has 0 aliphatic heterocycles. The third kappa shape index (κ3) is 7.89. The van der Waals surface area contributed by atoms with Gasteiger partial charge in [-0.1, -0.05) is 212 Å². The fourth-order valence-corrected chi connectivity index (χ4v) is 14.9. The molecule has 1 aliphatic carbocycles. The SMILES string of the molecule is C[C@H](OC(c1ccccc1)(c1ccccc1)c1ccccc1)[C@H]1[C@@H](CP(c2ccccc2)c2ccccc2)[C@@H](P(c2ccccc2)c2ccccc2)C[C@@H]1O. The van der Waals surface area contributed by atoms with Gasteiger partial charge in [-0.15, -0.1) is 0 Å².